The molecular weight excluding hydrogens is 212 g/mol. The summed E-state index contributed by atoms with van der Waals surface area (Å²) in [6.45, 7) is 0.702. The van der Waals surface area contributed by atoms with E-state index < -0.39 is 6.03 Å². The first-order valence-electron chi connectivity index (χ1n) is 6.36. The number of carbonyl (C=O) groups is 1. The van der Waals surface area contributed by atoms with Gasteiger partial charge < -0.3 is 11.1 Å². The molecule has 3 nitrogen and oxygen atoms in total. The van der Waals surface area contributed by atoms with Gasteiger partial charge in [0.25, 0.3) is 0 Å². The monoisotopic (exact) mass is 234 g/mol. The summed E-state index contributed by atoms with van der Waals surface area (Å²) in [7, 11) is 0. The molecule has 1 rings (SSSR count). The van der Waals surface area contributed by atoms with Crippen LogP contribution in [-0.4, -0.2) is 12.6 Å². The van der Waals surface area contributed by atoms with Gasteiger partial charge in [-0.05, 0) is 24.8 Å². The van der Waals surface area contributed by atoms with Gasteiger partial charge in [-0.15, -0.1) is 0 Å². The highest BCUT2D eigenvalue weighted by Gasteiger charge is 1.94. The Balaban J connectivity index is 1.90. The summed E-state index contributed by atoms with van der Waals surface area (Å²) >= 11 is 0. The number of benzene rings is 1. The highest BCUT2D eigenvalue weighted by Crippen LogP contribution is 2.08. The van der Waals surface area contributed by atoms with Gasteiger partial charge in [-0.2, -0.15) is 0 Å². The van der Waals surface area contributed by atoms with Crippen molar-refractivity contribution in [2.75, 3.05) is 6.54 Å². The Morgan fingerprint density at radius 2 is 1.65 bits per heavy atom. The summed E-state index contributed by atoms with van der Waals surface area (Å²) in [6.07, 6.45) is 7.08. The number of rotatable bonds is 8. The van der Waals surface area contributed by atoms with Gasteiger partial charge in [-0.1, -0.05) is 49.6 Å². The topological polar surface area (TPSA) is 55.1 Å². The fraction of sp³-hybridized carbons (Fsp3) is 0.500. The SMILES string of the molecule is NC(=O)NCCCCCCCc1ccccc1. The smallest absolute Gasteiger partial charge is 0.312 e. The predicted molar refractivity (Wildman–Crippen MR) is 70.8 cm³/mol. The maximum Gasteiger partial charge on any atom is 0.312 e. The minimum Gasteiger partial charge on any atom is -0.352 e. The van der Waals surface area contributed by atoms with E-state index >= 15 is 0 Å². The molecule has 0 aromatic heterocycles. The van der Waals surface area contributed by atoms with Crippen molar-refractivity contribution < 1.29 is 4.79 Å². The minimum atomic E-state index is -0.422. The van der Waals surface area contributed by atoms with E-state index in [1.807, 2.05) is 0 Å². The van der Waals surface area contributed by atoms with Gasteiger partial charge in [0.05, 0.1) is 0 Å². The van der Waals surface area contributed by atoms with Crippen LogP contribution in [0.25, 0.3) is 0 Å². The number of amides is 2. The lowest BCUT2D eigenvalue weighted by Crippen LogP contribution is -2.29. The van der Waals surface area contributed by atoms with Gasteiger partial charge in [0.2, 0.25) is 0 Å². The molecule has 0 aliphatic heterocycles. The van der Waals surface area contributed by atoms with Crippen LogP contribution in [0.15, 0.2) is 30.3 Å². The quantitative estimate of drug-likeness (QED) is 0.668. The second-order valence-corrected chi connectivity index (χ2v) is 4.29. The van der Waals surface area contributed by atoms with Crippen LogP contribution >= 0.6 is 0 Å². The maximum absolute atomic E-state index is 10.4. The zero-order valence-electron chi connectivity index (χ0n) is 10.3. The van der Waals surface area contributed by atoms with Gasteiger partial charge in [0.1, 0.15) is 0 Å². The Kier molecular flexibility index (Phi) is 6.87. The molecule has 0 heterocycles. The predicted octanol–water partition coefficient (Wildman–Crippen LogP) is 2.85. The largest absolute Gasteiger partial charge is 0.352 e. The maximum atomic E-state index is 10.4. The number of primary amides is 1. The van der Waals surface area contributed by atoms with Crippen molar-refractivity contribution in [3.05, 3.63) is 35.9 Å². The van der Waals surface area contributed by atoms with Crippen LogP contribution in [0.1, 0.15) is 37.7 Å². The highest BCUT2D eigenvalue weighted by molar-refractivity contribution is 5.71. The summed E-state index contributed by atoms with van der Waals surface area (Å²) in [6, 6.07) is 10.2. The molecule has 2 amide bonds. The lowest BCUT2D eigenvalue weighted by molar-refractivity contribution is 0.248. The molecule has 0 aliphatic rings. The van der Waals surface area contributed by atoms with Crippen LogP contribution in [0.3, 0.4) is 0 Å². The summed E-state index contributed by atoms with van der Waals surface area (Å²) in [5, 5.41) is 2.60. The lowest BCUT2D eigenvalue weighted by Gasteiger charge is -2.03. The molecular formula is C14H22N2O. The van der Waals surface area contributed by atoms with Crippen LogP contribution in [0.4, 0.5) is 4.79 Å². The van der Waals surface area contributed by atoms with E-state index in [0.717, 1.165) is 12.8 Å². The molecule has 0 saturated heterocycles. The highest BCUT2D eigenvalue weighted by atomic mass is 16.2. The Morgan fingerprint density at radius 1 is 1.00 bits per heavy atom. The molecule has 0 bridgehead atoms. The number of hydrogen-bond acceptors (Lipinski definition) is 1. The number of aryl methyl sites for hydroxylation is 1. The van der Waals surface area contributed by atoms with Crippen LogP contribution in [-0.2, 0) is 6.42 Å². The third kappa shape index (κ3) is 7.39. The second-order valence-electron chi connectivity index (χ2n) is 4.29. The van der Waals surface area contributed by atoms with Gasteiger partial charge in [-0.3, -0.25) is 0 Å². The summed E-state index contributed by atoms with van der Waals surface area (Å²) < 4.78 is 0. The summed E-state index contributed by atoms with van der Waals surface area (Å²) in [4.78, 5) is 10.4. The standard InChI is InChI=1S/C14H22N2O/c15-14(17)16-12-8-3-1-2-5-9-13-10-6-4-7-11-13/h4,6-7,10-11H,1-3,5,8-9,12H2,(H3,15,16,17). The molecule has 0 atom stereocenters. The molecule has 17 heavy (non-hydrogen) atoms. The van der Waals surface area contributed by atoms with Gasteiger partial charge in [0.15, 0.2) is 0 Å². The minimum absolute atomic E-state index is 0.422. The number of nitrogens with one attached hydrogen (secondary N) is 1. The van der Waals surface area contributed by atoms with Crippen molar-refractivity contribution in [3.8, 4) is 0 Å². The van der Waals surface area contributed by atoms with Crippen LogP contribution < -0.4 is 11.1 Å². The van der Waals surface area contributed by atoms with Crippen LogP contribution in [0.2, 0.25) is 0 Å². The molecule has 0 aliphatic carbocycles. The molecule has 3 N–H and O–H groups in total. The van der Waals surface area contributed by atoms with Crippen molar-refractivity contribution in [1.82, 2.24) is 5.32 Å². The first-order valence-corrected chi connectivity index (χ1v) is 6.36. The number of carbonyl (C=O) groups excluding carboxylic acids is 1. The van der Waals surface area contributed by atoms with Crippen molar-refractivity contribution in [1.29, 1.82) is 0 Å². The Labute approximate surface area is 103 Å². The second kappa shape index (κ2) is 8.62. The lowest BCUT2D eigenvalue weighted by atomic mass is 10.1. The third-order valence-corrected chi connectivity index (χ3v) is 2.78. The van der Waals surface area contributed by atoms with Crippen LogP contribution in [0.5, 0.6) is 0 Å². The van der Waals surface area contributed by atoms with Gasteiger partial charge in [-0.25, -0.2) is 4.79 Å². The van der Waals surface area contributed by atoms with Gasteiger partial charge >= 0.3 is 6.03 Å². The first kappa shape index (κ1) is 13.6. The molecule has 0 spiro atoms. The summed E-state index contributed by atoms with van der Waals surface area (Å²) in [5.74, 6) is 0. The van der Waals surface area contributed by atoms with E-state index in [9.17, 15) is 4.79 Å². The zero-order chi connectivity index (χ0) is 12.3. The van der Waals surface area contributed by atoms with E-state index in [1.54, 1.807) is 0 Å². The van der Waals surface area contributed by atoms with Crippen molar-refractivity contribution in [3.63, 3.8) is 0 Å². The first-order chi connectivity index (χ1) is 8.29. The molecule has 0 unspecified atom stereocenters. The third-order valence-electron chi connectivity index (χ3n) is 2.78. The van der Waals surface area contributed by atoms with E-state index in [0.29, 0.717) is 6.54 Å². The number of nitrogens with two attached hydrogens (primary N) is 1. The fourth-order valence-corrected chi connectivity index (χ4v) is 1.84. The molecule has 0 radical (unpaired) electrons. The molecule has 1 aromatic rings. The van der Waals surface area contributed by atoms with E-state index in [-0.39, 0.29) is 0 Å². The Morgan fingerprint density at radius 3 is 2.35 bits per heavy atom. The Bertz CT molecular complexity index is 311. The molecule has 3 heteroatoms. The summed E-state index contributed by atoms with van der Waals surface area (Å²) in [5.41, 5.74) is 6.39. The van der Waals surface area contributed by atoms with E-state index in [4.69, 9.17) is 5.73 Å². The molecule has 0 saturated carbocycles. The molecule has 0 fully saturated rings. The van der Waals surface area contributed by atoms with Crippen molar-refractivity contribution >= 4 is 6.03 Å². The van der Waals surface area contributed by atoms with Crippen LogP contribution in [0, 0.1) is 0 Å². The number of unbranched alkanes of at least 4 members (excludes halogenated alkanes) is 4. The number of hydrogen-bond donors (Lipinski definition) is 2. The van der Waals surface area contributed by atoms with Crippen molar-refractivity contribution in [2.24, 2.45) is 5.73 Å². The van der Waals surface area contributed by atoms with E-state index in [2.05, 4.69) is 35.6 Å². The Hall–Kier alpha value is -1.51. The fourth-order valence-electron chi connectivity index (χ4n) is 1.84. The molecule has 1 aromatic carbocycles. The van der Waals surface area contributed by atoms with Crippen molar-refractivity contribution in [2.45, 2.75) is 38.5 Å². The zero-order valence-corrected chi connectivity index (χ0v) is 10.3. The number of urea groups is 1. The van der Waals surface area contributed by atoms with Gasteiger partial charge in [0, 0.05) is 6.54 Å². The average Bonchev–Trinajstić information content (AvgIpc) is 2.33. The normalized spacial score (nSPS) is 10.1. The molecule has 94 valence electrons. The average molecular weight is 234 g/mol. The van der Waals surface area contributed by atoms with E-state index in [1.165, 1.54) is 31.2 Å².